The van der Waals surface area contributed by atoms with Crippen molar-refractivity contribution in [2.45, 2.75) is 13.0 Å². The second-order valence-corrected chi connectivity index (χ2v) is 6.70. The molecule has 3 rings (SSSR count). The number of amides is 1. The molecule has 0 aliphatic rings. The van der Waals surface area contributed by atoms with Crippen molar-refractivity contribution in [3.05, 3.63) is 53.7 Å². The van der Waals surface area contributed by atoms with Gasteiger partial charge in [-0.2, -0.15) is 0 Å². The van der Waals surface area contributed by atoms with Crippen molar-refractivity contribution in [2.75, 3.05) is 20.3 Å². The number of fused-ring (bicyclic) bond motifs is 1. The predicted octanol–water partition coefficient (Wildman–Crippen LogP) is 3.74. The molecule has 1 N–H and O–H groups in total. The Kier molecular flexibility index (Phi) is 7.45. The molecule has 0 saturated heterocycles. The van der Waals surface area contributed by atoms with Crippen LogP contribution < -0.4 is 14.8 Å². The van der Waals surface area contributed by atoms with Gasteiger partial charge in [0, 0.05) is 5.02 Å². The second kappa shape index (κ2) is 10.4. The molecule has 2 aromatic carbocycles. The maximum Gasteiger partial charge on any atom is 0.406 e. The highest BCUT2D eigenvalue weighted by Crippen LogP contribution is 2.25. The smallest absolute Gasteiger partial charge is 0.406 e. The summed E-state index contributed by atoms with van der Waals surface area (Å²) < 4.78 is 20.7. The van der Waals surface area contributed by atoms with Crippen molar-refractivity contribution in [3.63, 3.8) is 0 Å². The minimum Gasteiger partial charge on any atom is -0.479 e. The summed E-state index contributed by atoms with van der Waals surface area (Å²) >= 11 is 5.95. The molecule has 1 atom stereocenters. The molecule has 0 saturated carbocycles. The Morgan fingerprint density at radius 2 is 1.84 bits per heavy atom. The van der Waals surface area contributed by atoms with Crippen molar-refractivity contribution in [3.8, 4) is 17.4 Å². The Hall–Kier alpha value is -3.59. The molecule has 162 valence electrons. The number of nitrogens with zero attached hydrogens (tertiary/aromatic N) is 2. The Bertz CT molecular complexity index is 1060. The number of aromatic nitrogens is 2. The van der Waals surface area contributed by atoms with E-state index in [4.69, 9.17) is 25.8 Å². The Morgan fingerprint density at radius 1 is 1.10 bits per heavy atom. The number of benzene rings is 2. The van der Waals surface area contributed by atoms with E-state index in [1.807, 2.05) is 0 Å². The van der Waals surface area contributed by atoms with Crippen molar-refractivity contribution < 1.29 is 28.5 Å². The van der Waals surface area contributed by atoms with Crippen molar-refractivity contribution in [2.24, 2.45) is 0 Å². The summed E-state index contributed by atoms with van der Waals surface area (Å²) in [5.74, 6) is 0.766. The third-order valence-electron chi connectivity index (χ3n) is 3.97. The van der Waals surface area contributed by atoms with Crippen LogP contribution in [-0.2, 0) is 14.3 Å². The molecule has 9 nitrogen and oxygen atoms in total. The molecule has 0 bridgehead atoms. The minimum atomic E-state index is -0.830. The zero-order valence-electron chi connectivity index (χ0n) is 16.8. The first kappa shape index (κ1) is 22.1. The molecule has 1 amide bonds. The highest BCUT2D eigenvalue weighted by molar-refractivity contribution is 6.31. The molecule has 31 heavy (non-hydrogen) atoms. The van der Waals surface area contributed by atoms with Gasteiger partial charge in [0.2, 0.25) is 5.88 Å². The van der Waals surface area contributed by atoms with Gasteiger partial charge in [0.25, 0.3) is 0 Å². The average molecular weight is 446 g/mol. The Morgan fingerprint density at radius 3 is 2.58 bits per heavy atom. The first-order valence-corrected chi connectivity index (χ1v) is 9.68. The predicted molar refractivity (Wildman–Crippen MR) is 113 cm³/mol. The van der Waals surface area contributed by atoms with Crippen LogP contribution >= 0.6 is 11.6 Å². The van der Waals surface area contributed by atoms with E-state index in [1.165, 1.54) is 13.3 Å². The van der Waals surface area contributed by atoms with Gasteiger partial charge >= 0.3 is 12.1 Å². The molecule has 0 fully saturated rings. The molecule has 0 radical (unpaired) electrons. The van der Waals surface area contributed by atoms with E-state index in [9.17, 15) is 9.59 Å². The zero-order chi connectivity index (χ0) is 22.2. The Balaban J connectivity index is 1.51. The van der Waals surface area contributed by atoms with Crippen LogP contribution in [0.25, 0.3) is 11.0 Å². The van der Waals surface area contributed by atoms with Crippen molar-refractivity contribution in [1.29, 1.82) is 0 Å². The van der Waals surface area contributed by atoms with E-state index in [0.717, 1.165) is 0 Å². The minimum absolute atomic E-state index is 0.00735. The van der Waals surface area contributed by atoms with Crippen LogP contribution in [0.15, 0.2) is 48.7 Å². The summed E-state index contributed by atoms with van der Waals surface area (Å²) in [4.78, 5) is 31.6. The maximum absolute atomic E-state index is 12.0. The monoisotopic (exact) mass is 445 g/mol. The van der Waals surface area contributed by atoms with Crippen LogP contribution in [0.4, 0.5) is 4.79 Å². The van der Waals surface area contributed by atoms with E-state index in [-0.39, 0.29) is 13.2 Å². The highest BCUT2D eigenvalue weighted by Gasteiger charge is 2.16. The number of hydrogen-bond acceptors (Lipinski definition) is 8. The summed E-state index contributed by atoms with van der Waals surface area (Å²) in [6.07, 6.45) is 0.0840. The maximum atomic E-state index is 12.0. The molecule has 0 aliphatic heterocycles. The lowest BCUT2D eigenvalue weighted by Gasteiger charge is -2.14. The summed E-state index contributed by atoms with van der Waals surface area (Å²) in [5.41, 5.74) is 1.33. The summed E-state index contributed by atoms with van der Waals surface area (Å²) in [5, 5.41) is 2.99. The third-order valence-corrected chi connectivity index (χ3v) is 4.21. The zero-order valence-corrected chi connectivity index (χ0v) is 17.6. The molecule has 1 heterocycles. The SMILES string of the molecule is COC(=O)NCCOC(=O)C(C)Oc1ccc(Oc2cnc3cc(Cl)ccc3n2)cc1. The van der Waals surface area contributed by atoms with E-state index < -0.39 is 18.2 Å². The lowest BCUT2D eigenvalue weighted by atomic mass is 10.3. The van der Waals surface area contributed by atoms with Gasteiger partial charge in [-0.3, -0.25) is 0 Å². The second-order valence-electron chi connectivity index (χ2n) is 6.26. The van der Waals surface area contributed by atoms with E-state index in [0.29, 0.717) is 33.4 Å². The fourth-order valence-corrected chi connectivity index (χ4v) is 2.64. The van der Waals surface area contributed by atoms with Crippen LogP contribution in [0.5, 0.6) is 17.4 Å². The number of halogens is 1. The van der Waals surface area contributed by atoms with Gasteiger partial charge in [0.1, 0.15) is 18.1 Å². The fraction of sp³-hybridized carbons (Fsp3) is 0.238. The first-order chi connectivity index (χ1) is 14.9. The first-order valence-electron chi connectivity index (χ1n) is 9.30. The lowest BCUT2D eigenvalue weighted by molar-refractivity contribution is -0.150. The summed E-state index contributed by atoms with van der Waals surface area (Å²) in [6, 6.07) is 11.9. The van der Waals surface area contributed by atoms with Gasteiger partial charge in [-0.05, 0) is 49.4 Å². The number of carbonyl (C=O) groups is 2. The topological polar surface area (TPSA) is 109 Å². The normalized spacial score (nSPS) is 11.5. The van der Waals surface area contributed by atoms with Gasteiger partial charge in [-0.1, -0.05) is 11.6 Å². The quantitative estimate of drug-likeness (QED) is 0.412. The van der Waals surface area contributed by atoms with E-state index in [2.05, 4.69) is 20.0 Å². The molecular formula is C21H20ClN3O6. The van der Waals surface area contributed by atoms with Gasteiger partial charge in [-0.15, -0.1) is 0 Å². The van der Waals surface area contributed by atoms with Gasteiger partial charge in [-0.25, -0.2) is 19.6 Å². The van der Waals surface area contributed by atoms with Crippen molar-refractivity contribution in [1.82, 2.24) is 15.3 Å². The summed E-state index contributed by atoms with van der Waals surface area (Å²) in [6.45, 7) is 1.71. The van der Waals surface area contributed by atoms with Crippen LogP contribution in [-0.4, -0.2) is 48.4 Å². The molecule has 0 spiro atoms. The largest absolute Gasteiger partial charge is 0.479 e. The molecule has 1 unspecified atom stereocenters. The van der Waals surface area contributed by atoms with Gasteiger partial charge in [0.15, 0.2) is 6.10 Å². The molecular weight excluding hydrogens is 426 g/mol. The molecule has 1 aromatic heterocycles. The average Bonchev–Trinajstić information content (AvgIpc) is 2.77. The molecule has 10 heteroatoms. The number of rotatable bonds is 8. The van der Waals surface area contributed by atoms with Crippen LogP contribution in [0.1, 0.15) is 6.92 Å². The van der Waals surface area contributed by atoms with Gasteiger partial charge < -0.3 is 24.3 Å². The summed E-state index contributed by atoms with van der Waals surface area (Å²) in [7, 11) is 1.25. The van der Waals surface area contributed by atoms with Crippen molar-refractivity contribution >= 4 is 34.7 Å². The van der Waals surface area contributed by atoms with E-state index in [1.54, 1.807) is 49.4 Å². The number of methoxy groups -OCH3 is 1. The van der Waals surface area contributed by atoms with E-state index >= 15 is 0 Å². The number of alkyl carbamates (subject to hydrolysis) is 1. The highest BCUT2D eigenvalue weighted by atomic mass is 35.5. The lowest BCUT2D eigenvalue weighted by Crippen LogP contribution is -2.31. The van der Waals surface area contributed by atoms with Crippen LogP contribution in [0, 0.1) is 0 Å². The Labute approximate surface area is 183 Å². The fourth-order valence-electron chi connectivity index (χ4n) is 2.47. The third kappa shape index (κ3) is 6.45. The van der Waals surface area contributed by atoms with Gasteiger partial charge in [0.05, 0.1) is 30.9 Å². The number of carbonyl (C=O) groups excluding carboxylic acids is 2. The number of nitrogens with one attached hydrogen (secondary N) is 1. The number of hydrogen-bond donors (Lipinski definition) is 1. The standard InChI is InChI=1S/C21H20ClN3O6/c1-13(20(26)29-10-9-23-21(27)28-2)30-15-4-6-16(7-5-15)31-19-12-24-18-11-14(22)3-8-17(18)25-19/h3-8,11-13H,9-10H2,1-2H3,(H,23,27). The molecule has 0 aliphatic carbocycles. The number of ether oxygens (including phenoxy) is 4. The van der Waals surface area contributed by atoms with Crippen LogP contribution in [0.2, 0.25) is 5.02 Å². The van der Waals surface area contributed by atoms with Crippen LogP contribution in [0.3, 0.4) is 0 Å². The number of esters is 1. The molecule has 3 aromatic rings.